The van der Waals surface area contributed by atoms with Gasteiger partial charge in [-0.15, -0.1) is 0 Å². The van der Waals surface area contributed by atoms with E-state index in [4.69, 9.17) is 4.74 Å². The first-order valence-electron chi connectivity index (χ1n) is 6.70. The summed E-state index contributed by atoms with van der Waals surface area (Å²) in [5, 5.41) is 3.59. The van der Waals surface area contributed by atoms with Gasteiger partial charge in [-0.05, 0) is 45.8 Å². The highest BCUT2D eigenvalue weighted by molar-refractivity contribution is 4.75. The first kappa shape index (κ1) is 13.9. The third kappa shape index (κ3) is 4.81. The number of rotatable bonds is 7. The van der Waals surface area contributed by atoms with E-state index in [9.17, 15) is 0 Å². The lowest BCUT2D eigenvalue weighted by Gasteiger charge is -2.32. The van der Waals surface area contributed by atoms with Crippen molar-refractivity contribution in [2.24, 2.45) is 0 Å². The zero-order valence-electron chi connectivity index (χ0n) is 11.2. The molecule has 0 aromatic rings. The van der Waals surface area contributed by atoms with Crippen molar-refractivity contribution >= 4 is 0 Å². The Hall–Kier alpha value is -0.120. The number of hydrogen-bond donors (Lipinski definition) is 1. The maximum atomic E-state index is 5.19. The molecular weight excluding hydrogens is 200 g/mol. The number of likely N-dealkylation sites (tertiary alicyclic amines) is 1. The standard InChI is InChI=1S/C13H28N2O/c1-4-12(11-16-3)14-9-8-13-7-5-6-10-15(13)2/h12-14H,4-11H2,1-3H3. The number of nitrogens with zero attached hydrogens (tertiary/aromatic N) is 1. The van der Waals surface area contributed by atoms with Crippen LogP contribution in [0.3, 0.4) is 0 Å². The molecule has 16 heavy (non-hydrogen) atoms. The van der Waals surface area contributed by atoms with Crippen LogP contribution in [0.15, 0.2) is 0 Å². The molecule has 1 fully saturated rings. The van der Waals surface area contributed by atoms with Crippen LogP contribution >= 0.6 is 0 Å². The molecule has 0 aromatic heterocycles. The van der Waals surface area contributed by atoms with Gasteiger partial charge in [-0.1, -0.05) is 13.3 Å². The predicted octanol–water partition coefficient (Wildman–Crippen LogP) is 1.88. The molecule has 2 unspecified atom stereocenters. The largest absolute Gasteiger partial charge is 0.383 e. The lowest BCUT2D eigenvalue weighted by Crippen LogP contribution is -2.40. The molecule has 0 saturated carbocycles. The van der Waals surface area contributed by atoms with Crippen LogP contribution < -0.4 is 5.32 Å². The van der Waals surface area contributed by atoms with E-state index in [2.05, 4.69) is 24.2 Å². The van der Waals surface area contributed by atoms with E-state index in [0.717, 1.165) is 25.6 Å². The Morgan fingerprint density at radius 1 is 1.44 bits per heavy atom. The van der Waals surface area contributed by atoms with Gasteiger partial charge in [0, 0.05) is 19.2 Å². The van der Waals surface area contributed by atoms with Crippen LogP contribution in [0.4, 0.5) is 0 Å². The predicted molar refractivity (Wildman–Crippen MR) is 68.8 cm³/mol. The van der Waals surface area contributed by atoms with Crippen molar-refractivity contribution in [2.75, 3.05) is 33.9 Å². The highest BCUT2D eigenvalue weighted by Gasteiger charge is 2.18. The van der Waals surface area contributed by atoms with Gasteiger partial charge in [0.1, 0.15) is 0 Å². The number of methoxy groups -OCH3 is 1. The molecule has 1 aliphatic rings. The van der Waals surface area contributed by atoms with Crippen molar-refractivity contribution in [2.45, 2.75) is 51.1 Å². The first-order valence-corrected chi connectivity index (χ1v) is 6.70. The summed E-state index contributed by atoms with van der Waals surface area (Å²) in [6.45, 7) is 5.44. The minimum absolute atomic E-state index is 0.527. The van der Waals surface area contributed by atoms with Gasteiger partial charge in [0.05, 0.1) is 6.61 Å². The molecule has 0 bridgehead atoms. The number of ether oxygens (including phenoxy) is 1. The summed E-state index contributed by atoms with van der Waals surface area (Å²) in [7, 11) is 4.04. The molecule has 0 amide bonds. The highest BCUT2D eigenvalue weighted by atomic mass is 16.5. The summed E-state index contributed by atoms with van der Waals surface area (Å²) in [6, 6.07) is 1.32. The minimum Gasteiger partial charge on any atom is -0.383 e. The van der Waals surface area contributed by atoms with Gasteiger partial charge >= 0.3 is 0 Å². The normalized spacial score (nSPS) is 24.6. The molecule has 3 nitrogen and oxygen atoms in total. The van der Waals surface area contributed by atoms with Crippen LogP contribution in [-0.2, 0) is 4.74 Å². The fourth-order valence-electron chi connectivity index (χ4n) is 2.49. The van der Waals surface area contributed by atoms with Crippen molar-refractivity contribution < 1.29 is 4.74 Å². The Labute approximate surface area is 101 Å². The molecule has 0 aromatic carbocycles. The maximum Gasteiger partial charge on any atom is 0.0615 e. The Morgan fingerprint density at radius 3 is 2.88 bits per heavy atom. The lowest BCUT2D eigenvalue weighted by molar-refractivity contribution is 0.153. The molecule has 0 spiro atoms. The zero-order chi connectivity index (χ0) is 11.8. The maximum absolute atomic E-state index is 5.19. The molecule has 96 valence electrons. The molecule has 1 aliphatic heterocycles. The minimum atomic E-state index is 0.527. The van der Waals surface area contributed by atoms with Crippen molar-refractivity contribution in [3.63, 3.8) is 0 Å². The SMILES string of the molecule is CCC(COC)NCCC1CCCCN1C. The summed E-state index contributed by atoms with van der Waals surface area (Å²) in [5.74, 6) is 0. The summed E-state index contributed by atoms with van der Waals surface area (Å²) in [5.41, 5.74) is 0. The molecule has 1 N–H and O–H groups in total. The van der Waals surface area contributed by atoms with Crippen LogP contribution in [0.5, 0.6) is 0 Å². The van der Waals surface area contributed by atoms with E-state index in [1.165, 1.54) is 32.2 Å². The third-order valence-electron chi connectivity index (χ3n) is 3.69. The van der Waals surface area contributed by atoms with Gasteiger partial charge in [-0.2, -0.15) is 0 Å². The van der Waals surface area contributed by atoms with Crippen molar-refractivity contribution in [1.82, 2.24) is 10.2 Å². The van der Waals surface area contributed by atoms with Gasteiger partial charge in [-0.25, -0.2) is 0 Å². The lowest BCUT2D eigenvalue weighted by atomic mass is 10.00. The Bertz CT molecular complexity index is 175. The fourth-order valence-corrected chi connectivity index (χ4v) is 2.49. The van der Waals surface area contributed by atoms with Crippen LogP contribution in [0, 0.1) is 0 Å². The molecule has 3 heteroatoms. The van der Waals surface area contributed by atoms with Gasteiger partial charge < -0.3 is 15.0 Å². The Kier molecular flexibility index (Phi) is 7.01. The first-order chi connectivity index (χ1) is 7.77. The summed E-state index contributed by atoms with van der Waals surface area (Å²) in [4.78, 5) is 2.52. The smallest absolute Gasteiger partial charge is 0.0615 e. The molecule has 0 aliphatic carbocycles. The van der Waals surface area contributed by atoms with Crippen LogP contribution in [0.1, 0.15) is 39.0 Å². The van der Waals surface area contributed by atoms with Crippen molar-refractivity contribution in [1.29, 1.82) is 0 Å². The number of hydrogen-bond acceptors (Lipinski definition) is 3. The van der Waals surface area contributed by atoms with Crippen LogP contribution in [-0.4, -0.2) is 50.8 Å². The van der Waals surface area contributed by atoms with E-state index < -0.39 is 0 Å². The second kappa shape index (κ2) is 8.04. The quantitative estimate of drug-likeness (QED) is 0.720. The molecule has 1 heterocycles. The Balaban J connectivity index is 2.13. The van der Waals surface area contributed by atoms with E-state index in [-0.39, 0.29) is 0 Å². The number of piperidine rings is 1. The topological polar surface area (TPSA) is 24.5 Å². The van der Waals surface area contributed by atoms with Gasteiger partial charge in [-0.3, -0.25) is 0 Å². The summed E-state index contributed by atoms with van der Waals surface area (Å²) < 4.78 is 5.19. The van der Waals surface area contributed by atoms with Crippen LogP contribution in [0.2, 0.25) is 0 Å². The summed E-state index contributed by atoms with van der Waals surface area (Å²) in [6.07, 6.45) is 6.58. The molecule has 1 rings (SSSR count). The van der Waals surface area contributed by atoms with Gasteiger partial charge in [0.15, 0.2) is 0 Å². The van der Waals surface area contributed by atoms with E-state index in [1.54, 1.807) is 7.11 Å². The van der Waals surface area contributed by atoms with E-state index in [0.29, 0.717) is 6.04 Å². The summed E-state index contributed by atoms with van der Waals surface area (Å²) >= 11 is 0. The second-order valence-corrected chi connectivity index (χ2v) is 4.93. The van der Waals surface area contributed by atoms with E-state index >= 15 is 0 Å². The zero-order valence-corrected chi connectivity index (χ0v) is 11.2. The molecular formula is C13H28N2O. The number of nitrogens with one attached hydrogen (secondary N) is 1. The Morgan fingerprint density at radius 2 is 2.25 bits per heavy atom. The molecule has 1 saturated heterocycles. The van der Waals surface area contributed by atoms with Crippen molar-refractivity contribution in [3.8, 4) is 0 Å². The van der Waals surface area contributed by atoms with E-state index in [1.807, 2.05) is 0 Å². The average Bonchev–Trinajstić information content (AvgIpc) is 2.30. The molecule has 2 atom stereocenters. The monoisotopic (exact) mass is 228 g/mol. The fraction of sp³-hybridized carbons (Fsp3) is 1.00. The molecule has 0 radical (unpaired) electrons. The van der Waals surface area contributed by atoms with Crippen LogP contribution in [0.25, 0.3) is 0 Å². The highest BCUT2D eigenvalue weighted by Crippen LogP contribution is 2.17. The van der Waals surface area contributed by atoms with Gasteiger partial charge in [0.2, 0.25) is 0 Å². The second-order valence-electron chi connectivity index (χ2n) is 4.93. The van der Waals surface area contributed by atoms with Gasteiger partial charge in [0.25, 0.3) is 0 Å². The average molecular weight is 228 g/mol. The third-order valence-corrected chi connectivity index (χ3v) is 3.69. The van der Waals surface area contributed by atoms with Crippen molar-refractivity contribution in [3.05, 3.63) is 0 Å².